The quantitative estimate of drug-likeness (QED) is 0.495. The lowest BCUT2D eigenvalue weighted by molar-refractivity contribution is 1.45. The monoisotopic (exact) mass is 316 g/mol. The molecular formula is C21H36N2. The third-order valence-corrected chi connectivity index (χ3v) is 2.12. The highest BCUT2D eigenvalue weighted by molar-refractivity contribution is 6.18. The molecule has 23 heavy (non-hydrogen) atoms. The first-order valence-electron chi connectivity index (χ1n) is 8.85. The van der Waals surface area contributed by atoms with Crippen LogP contribution >= 0.6 is 0 Å². The van der Waals surface area contributed by atoms with Crippen LogP contribution in [0.2, 0.25) is 0 Å². The van der Waals surface area contributed by atoms with Crippen LogP contribution in [0.25, 0.3) is 0 Å². The normalized spacial score (nSPS) is 10.3. The van der Waals surface area contributed by atoms with Crippen molar-refractivity contribution < 1.29 is 0 Å². The third kappa shape index (κ3) is 13.4. The fourth-order valence-corrected chi connectivity index (χ4v) is 1.33. The van der Waals surface area contributed by atoms with Crippen molar-refractivity contribution in [3.8, 4) is 0 Å². The highest BCUT2D eigenvalue weighted by Gasteiger charge is 1.97. The van der Waals surface area contributed by atoms with Crippen LogP contribution in [0.4, 0.5) is 5.69 Å². The first kappa shape index (κ1) is 26.0. The van der Waals surface area contributed by atoms with Gasteiger partial charge in [0, 0.05) is 7.05 Å². The van der Waals surface area contributed by atoms with Crippen LogP contribution in [-0.4, -0.2) is 18.5 Å². The molecule has 0 spiro atoms. The predicted octanol–water partition coefficient (Wildman–Crippen LogP) is 7.06. The maximum absolute atomic E-state index is 4.47. The first-order chi connectivity index (χ1) is 11.4. The van der Waals surface area contributed by atoms with Crippen LogP contribution in [0, 0.1) is 0 Å². The summed E-state index contributed by atoms with van der Waals surface area (Å²) in [6, 6.07) is 9.91. The van der Waals surface area contributed by atoms with Crippen LogP contribution in [-0.2, 0) is 0 Å². The molecule has 0 aromatic heterocycles. The van der Waals surface area contributed by atoms with Gasteiger partial charge in [-0.25, -0.2) is 4.99 Å². The van der Waals surface area contributed by atoms with Crippen LogP contribution in [0.5, 0.6) is 0 Å². The molecule has 1 aromatic carbocycles. The van der Waals surface area contributed by atoms with Crippen molar-refractivity contribution >= 4 is 17.1 Å². The fraction of sp³-hybridized carbons (Fsp3) is 0.429. The number of benzene rings is 1. The van der Waals surface area contributed by atoms with E-state index < -0.39 is 0 Å². The fourth-order valence-electron chi connectivity index (χ4n) is 1.33. The Labute approximate surface area is 144 Å². The summed E-state index contributed by atoms with van der Waals surface area (Å²) in [6.45, 7) is 16.0. The number of hydrogen-bond acceptors (Lipinski definition) is 2. The van der Waals surface area contributed by atoms with Crippen LogP contribution in [0.15, 0.2) is 64.6 Å². The predicted molar refractivity (Wildman–Crippen MR) is 111 cm³/mol. The number of allylic oxidation sites excluding steroid dienone is 4. The van der Waals surface area contributed by atoms with E-state index in [1.807, 2.05) is 110 Å². The van der Waals surface area contributed by atoms with Gasteiger partial charge in [0.05, 0.1) is 17.1 Å². The molecule has 0 N–H and O–H groups in total. The minimum absolute atomic E-state index is 0.952. The summed E-state index contributed by atoms with van der Waals surface area (Å²) in [5.74, 6) is 0. The van der Waals surface area contributed by atoms with Crippen molar-refractivity contribution in [3.63, 3.8) is 0 Å². The zero-order valence-electron chi connectivity index (χ0n) is 16.6. The van der Waals surface area contributed by atoms with E-state index in [9.17, 15) is 0 Å². The molecule has 1 aliphatic carbocycles. The molecule has 0 aliphatic heterocycles. The van der Waals surface area contributed by atoms with E-state index in [1.54, 1.807) is 7.05 Å². The van der Waals surface area contributed by atoms with Crippen LogP contribution < -0.4 is 0 Å². The minimum atomic E-state index is 0.952. The number of hydrogen-bond donors (Lipinski definition) is 0. The summed E-state index contributed by atoms with van der Waals surface area (Å²) in [5, 5.41) is 0. The molecule has 0 unspecified atom stereocenters. The van der Waals surface area contributed by atoms with E-state index >= 15 is 0 Å². The van der Waals surface area contributed by atoms with E-state index in [1.165, 1.54) is 0 Å². The topological polar surface area (TPSA) is 24.7 Å². The summed E-state index contributed by atoms with van der Waals surface area (Å²) < 4.78 is 0. The second-order valence-corrected chi connectivity index (χ2v) is 3.19. The molecule has 0 saturated heterocycles. The van der Waals surface area contributed by atoms with Gasteiger partial charge in [-0.1, -0.05) is 73.6 Å². The van der Waals surface area contributed by atoms with E-state index in [0.29, 0.717) is 0 Å². The molecule has 0 atom stereocenters. The molecule has 130 valence electrons. The first-order valence-corrected chi connectivity index (χ1v) is 8.85. The Balaban J connectivity index is -0.000000438. The van der Waals surface area contributed by atoms with Gasteiger partial charge in [0.2, 0.25) is 0 Å². The third-order valence-electron chi connectivity index (χ3n) is 2.12. The Morgan fingerprint density at radius 1 is 0.565 bits per heavy atom. The minimum Gasteiger partial charge on any atom is -0.289 e. The summed E-state index contributed by atoms with van der Waals surface area (Å²) in [6.07, 6.45) is 7.86. The summed E-state index contributed by atoms with van der Waals surface area (Å²) in [5.41, 5.74) is 2.90. The molecule has 1 aromatic rings. The van der Waals surface area contributed by atoms with Gasteiger partial charge < -0.3 is 0 Å². The summed E-state index contributed by atoms with van der Waals surface area (Å²) in [4.78, 5) is 8.55. The van der Waals surface area contributed by atoms with Gasteiger partial charge in [-0.05, 0) is 36.4 Å². The van der Waals surface area contributed by atoms with Crippen molar-refractivity contribution in [2.45, 2.75) is 55.4 Å². The molecule has 0 bridgehead atoms. The van der Waals surface area contributed by atoms with Crippen molar-refractivity contribution in [2.24, 2.45) is 9.98 Å². The molecule has 2 heteroatoms. The Morgan fingerprint density at radius 3 is 1.35 bits per heavy atom. The van der Waals surface area contributed by atoms with Gasteiger partial charge in [-0.2, -0.15) is 0 Å². The number of nitrogens with zero attached hydrogens (tertiary/aromatic N) is 2. The van der Waals surface area contributed by atoms with Crippen molar-refractivity contribution in [1.82, 2.24) is 0 Å². The molecule has 0 amide bonds. The smallest absolute Gasteiger partial charge is 0.0638 e. The van der Waals surface area contributed by atoms with E-state index in [0.717, 1.165) is 17.1 Å². The number of para-hydroxylation sites is 1. The van der Waals surface area contributed by atoms with Gasteiger partial charge in [-0.3, -0.25) is 4.99 Å². The number of rotatable bonds is 1. The molecule has 1 aliphatic rings. The van der Waals surface area contributed by atoms with Crippen molar-refractivity contribution in [3.05, 3.63) is 54.6 Å². The van der Waals surface area contributed by atoms with Crippen LogP contribution in [0.1, 0.15) is 55.4 Å². The van der Waals surface area contributed by atoms with E-state index in [4.69, 9.17) is 0 Å². The second kappa shape index (κ2) is 22.3. The lowest BCUT2D eigenvalue weighted by atomic mass is 10.1. The average molecular weight is 317 g/mol. The average Bonchev–Trinajstić information content (AvgIpc) is 2.69. The van der Waals surface area contributed by atoms with Gasteiger partial charge >= 0.3 is 0 Å². The SMILES string of the molecule is CC.CC.CC.CC.CN=C1C=CC(=Nc2ccccc2)C=C1. The Bertz CT molecular complexity index is 434. The van der Waals surface area contributed by atoms with Gasteiger partial charge in [0.15, 0.2) is 0 Å². The van der Waals surface area contributed by atoms with E-state index in [2.05, 4.69) is 9.98 Å². The number of aliphatic imine (C=N–C) groups is 2. The highest BCUT2D eigenvalue weighted by Crippen LogP contribution is 2.11. The van der Waals surface area contributed by atoms with E-state index in [-0.39, 0.29) is 0 Å². The molecule has 0 radical (unpaired) electrons. The molecule has 0 fully saturated rings. The zero-order chi connectivity index (χ0) is 18.5. The molecule has 0 saturated carbocycles. The van der Waals surface area contributed by atoms with Gasteiger partial charge in [-0.15, -0.1) is 0 Å². The second-order valence-electron chi connectivity index (χ2n) is 3.19. The van der Waals surface area contributed by atoms with Crippen LogP contribution in [0.3, 0.4) is 0 Å². The molecule has 2 nitrogen and oxygen atoms in total. The zero-order valence-corrected chi connectivity index (χ0v) is 16.6. The molecule has 2 rings (SSSR count). The Kier molecular flexibility index (Phi) is 25.2. The van der Waals surface area contributed by atoms with Gasteiger partial charge in [0.1, 0.15) is 0 Å². The highest BCUT2D eigenvalue weighted by atomic mass is 14.7. The Hall–Kier alpha value is -1.96. The molecular weight excluding hydrogens is 280 g/mol. The summed E-state index contributed by atoms with van der Waals surface area (Å²) in [7, 11) is 1.78. The van der Waals surface area contributed by atoms with Crippen molar-refractivity contribution in [1.29, 1.82) is 0 Å². The standard InChI is InChI=1S/C13H12N2.4C2H6/c1-14-11-7-9-13(10-8-11)15-12-5-3-2-4-6-12;4*1-2/h2-10H,1H3;4*1-2H3. The maximum atomic E-state index is 4.47. The Morgan fingerprint density at radius 2 is 0.957 bits per heavy atom. The molecule has 0 heterocycles. The largest absolute Gasteiger partial charge is 0.289 e. The van der Waals surface area contributed by atoms with Gasteiger partial charge in [0.25, 0.3) is 0 Å². The summed E-state index contributed by atoms with van der Waals surface area (Å²) >= 11 is 0. The maximum Gasteiger partial charge on any atom is 0.0638 e. The van der Waals surface area contributed by atoms with Crippen molar-refractivity contribution in [2.75, 3.05) is 7.05 Å². The lowest BCUT2D eigenvalue weighted by Crippen LogP contribution is -1.99. The lowest BCUT2D eigenvalue weighted by Gasteiger charge is -2.01.